The van der Waals surface area contributed by atoms with Crippen molar-refractivity contribution in [2.45, 2.75) is 122 Å². The average Bonchev–Trinajstić information content (AvgIpc) is 3.12. The summed E-state index contributed by atoms with van der Waals surface area (Å²) in [7, 11) is 0. The predicted octanol–water partition coefficient (Wildman–Crippen LogP) is 6.30. The maximum absolute atomic E-state index is 13.6. The summed E-state index contributed by atoms with van der Waals surface area (Å²) in [5.41, 5.74) is 0.238. The zero-order valence-corrected chi connectivity index (χ0v) is 20.6. The second kappa shape index (κ2) is 9.33. The smallest absolute Gasteiger partial charge is 0.136 e. The molecule has 0 aromatic heterocycles. The van der Waals surface area contributed by atoms with Crippen molar-refractivity contribution in [1.29, 1.82) is 0 Å². The molecule has 3 heteroatoms. The molecule has 0 aromatic carbocycles. The van der Waals surface area contributed by atoms with Crippen LogP contribution >= 0.6 is 0 Å². The second-order valence-electron chi connectivity index (χ2n) is 13.0. The van der Waals surface area contributed by atoms with Crippen molar-refractivity contribution in [2.24, 2.45) is 46.3 Å². The monoisotopic (exact) mass is 444 g/mol. The normalized spacial score (nSPS) is 47.6. The van der Waals surface area contributed by atoms with Gasteiger partial charge < -0.3 is 10.2 Å². The van der Waals surface area contributed by atoms with E-state index in [-0.39, 0.29) is 22.9 Å². The van der Waals surface area contributed by atoms with E-state index in [1.165, 1.54) is 77.0 Å². The van der Waals surface area contributed by atoms with E-state index in [9.17, 15) is 15.0 Å². The molecular weight excluding hydrogens is 396 g/mol. The first kappa shape index (κ1) is 23.3. The van der Waals surface area contributed by atoms with Gasteiger partial charge in [0.15, 0.2) is 0 Å². The van der Waals surface area contributed by atoms with Gasteiger partial charge in [0, 0.05) is 18.9 Å². The van der Waals surface area contributed by atoms with E-state index in [4.69, 9.17) is 0 Å². The third kappa shape index (κ3) is 3.92. The summed E-state index contributed by atoms with van der Waals surface area (Å²) in [6.45, 7) is 2.78. The van der Waals surface area contributed by atoms with Crippen molar-refractivity contribution in [2.75, 3.05) is 6.61 Å². The zero-order chi connectivity index (χ0) is 22.3. The standard InChI is InChI=1S/C29H48O3/c1-28-15-14-25-23(10-9-21-18-22(31)13-16-29(21,25)19-30)24(28)11-12-26(28)27(32)17-20-7-5-3-2-4-6-8-20/h20-26,30-31H,2-19H2,1H3/t21-,22-,23+,24+,25?,26-,28+,29-/m1/s1. The molecule has 1 unspecified atom stereocenters. The van der Waals surface area contributed by atoms with Gasteiger partial charge in [-0.25, -0.2) is 0 Å². The zero-order valence-electron chi connectivity index (χ0n) is 20.6. The molecule has 0 aromatic rings. The number of hydrogen-bond acceptors (Lipinski definition) is 3. The maximum Gasteiger partial charge on any atom is 0.136 e. The highest BCUT2D eigenvalue weighted by Gasteiger charge is 2.62. The van der Waals surface area contributed by atoms with Gasteiger partial charge in [0.1, 0.15) is 5.78 Å². The Balaban J connectivity index is 1.30. The highest BCUT2D eigenvalue weighted by Crippen LogP contribution is 2.67. The van der Waals surface area contributed by atoms with Crippen LogP contribution in [0.5, 0.6) is 0 Å². The van der Waals surface area contributed by atoms with Gasteiger partial charge in [-0.15, -0.1) is 0 Å². The van der Waals surface area contributed by atoms with Gasteiger partial charge in [-0.3, -0.25) is 4.79 Å². The molecular formula is C29H48O3. The number of aliphatic hydroxyl groups is 2. The Bertz CT molecular complexity index is 667. The summed E-state index contributed by atoms with van der Waals surface area (Å²) < 4.78 is 0. The molecule has 182 valence electrons. The molecule has 8 atom stereocenters. The fraction of sp³-hybridized carbons (Fsp3) is 0.966. The third-order valence-corrected chi connectivity index (χ3v) is 11.7. The number of carbonyl (C=O) groups is 1. The van der Waals surface area contributed by atoms with Gasteiger partial charge in [0.05, 0.1) is 6.10 Å². The molecule has 5 aliphatic carbocycles. The Labute approximate surface area is 196 Å². The molecule has 0 heterocycles. The van der Waals surface area contributed by atoms with E-state index >= 15 is 0 Å². The Hall–Kier alpha value is -0.410. The lowest BCUT2D eigenvalue weighted by molar-refractivity contribution is -0.157. The van der Waals surface area contributed by atoms with Crippen LogP contribution in [0.2, 0.25) is 0 Å². The summed E-state index contributed by atoms with van der Waals surface area (Å²) in [6, 6.07) is 0. The molecule has 0 saturated heterocycles. The summed E-state index contributed by atoms with van der Waals surface area (Å²) in [4.78, 5) is 13.6. The predicted molar refractivity (Wildman–Crippen MR) is 128 cm³/mol. The Morgan fingerprint density at radius 1 is 0.844 bits per heavy atom. The fourth-order valence-corrected chi connectivity index (χ4v) is 10.0. The fourth-order valence-electron chi connectivity index (χ4n) is 10.0. The SMILES string of the molecule is C[C@]12CCC3[C@@H](CC[C@@H]4C[C@H](O)CC[C@]34CO)[C@@H]1CC[C@@H]2C(=O)CC1CCCCCCC1. The number of aliphatic hydroxyl groups excluding tert-OH is 2. The van der Waals surface area contributed by atoms with E-state index in [1.54, 1.807) is 0 Å². The Morgan fingerprint density at radius 3 is 2.34 bits per heavy atom. The third-order valence-electron chi connectivity index (χ3n) is 11.7. The van der Waals surface area contributed by atoms with Crippen LogP contribution in [0.4, 0.5) is 0 Å². The van der Waals surface area contributed by atoms with Crippen molar-refractivity contribution in [3.05, 3.63) is 0 Å². The number of carbonyl (C=O) groups excluding carboxylic acids is 1. The van der Waals surface area contributed by atoms with Crippen LogP contribution in [0, 0.1) is 46.3 Å². The minimum atomic E-state index is -0.160. The first-order valence-corrected chi connectivity index (χ1v) is 14.3. The highest BCUT2D eigenvalue weighted by atomic mass is 16.3. The van der Waals surface area contributed by atoms with Crippen molar-refractivity contribution in [3.8, 4) is 0 Å². The van der Waals surface area contributed by atoms with Gasteiger partial charge in [0.25, 0.3) is 0 Å². The lowest BCUT2D eigenvalue weighted by Crippen LogP contribution is -2.56. The largest absolute Gasteiger partial charge is 0.396 e. The molecule has 0 aliphatic heterocycles. The van der Waals surface area contributed by atoms with Crippen molar-refractivity contribution in [1.82, 2.24) is 0 Å². The summed E-state index contributed by atoms with van der Waals surface area (Å²) in [6.07, 6.45) is 19.9. The molecule has 5 fully saturated rings. The lowest BCUT2D eigenvalue weighted by atomic mass is 9.44. The molecule has 0 spiro atoms. The molecule has 2 N–H and O–H groups in total. The molecule has 0 radical (unpaired) electrons. The van der Waals surface area contributed by atoms with Crippen molar-refractivity contribution in [3.63, 3.8) is 0 Å². The number of hydrogen-bond donors (Lipinski definition) is 2. The van der Waals surface area contributed by atoms with E-state index in [0.29, 0.717) is 42.0 Å². The molecule has 5 rings (SSSR count). The molecule has 5 aliphatic rings. The van der Waals surface area contributed by atoms with E-state index < -0.39 is 0 Å². The number of ketones is 1. The van der Waals surface area contributed by atoms with Crippen LogP contribution < -0.4 is 0 Å². The van der Waals surface area contributed by atoms with E-state index in [2.05, 4.69) is 6.92 Å². The topological polar surface area (TPSA) is 57.5 Å². The summed E-state index contributed by atoms with van der Waals surface area (Å²) in [5, 5.41) is 20.9. The Kier molecular flexibility index (Phi) is 6.80. The second-order valence-corrected chi connectivity index (χ2v) is 13.0. The molecule has 5 saturated carbocycles. The van der Waals surface area contributed by atoms with Crippen LogP contribution in [-0.4, -0.2) is 28.7 Å². The first-order valence-electron chi connectivity index (χ1n) is 14.3. The maximum atomic E-state index is 13.6. The molecule has 3 nitrogen and oxygen atoms in total. The summed E-state index contributed by atoms with van der Waals surface area (Å²) >= 11 is 0. The van der Waals surface area contributed by atoms with Crippen molar-refractivity contribution >= 4 is 5.78 Å². The van der Waals surface area contributed by atoms with Crippen LogP contribution in [-0.2, 0) is 4.79 Å². The van der Waals surface area contributed by atoms with Crippen LogP contribution in [0.15, 0.2) is 0 Å². The van der Waals surface area contributed by atoms with Gasteiger partial charge in [-0.1, -0.05) is 51.9 Å². The Morgan fingerprint density at radius 2 is 1.59 bits per heavy atom. The van der Waals surface area contributed by atoms with Gasteiger partial charge >= 0.3 is 0 Å². The lowest BCUT2D eigenvalue weighted by Gasteiger charge is -2.61. The molecule has 32 heavy (non-hydrogen) atoms. The van der Waals surface area contributed by atoms with E-state index in [1.807, 2.05) is 0 Å². The van der Waals surface area contributed by atoms with Crippen LogP contribution in [0.1, 0.15) is 116 Å². The minimum Gasteiger partial charge on any atom is -0.396 e. The van der Waals surface area contributed by atoms with E-state index in [0.717, 1.165) is 32.1 Å². The van der Waals surface area contributed by atoms with Gasteiger partial charge in [0.2, 0.25) is 0 Å². The average molecular weight is 445 g/mol. The number of fused-ring (bicyclic) bond motifs is 5. The number of Topliss-reactive ketones (excluding diaryl/α,β-unsaturated/α-hetero) is 1. The van der Waals surface area contributed by atoms with Crippen LogP contribution in [0.25, 0.3) is 0 Å². The quantitative estimate of drug-likeness (QED) is 0.535. The first-order chi connectivity index (χ1) is 15.5. The number of rotatable bonds is 4. The van der Waals surface area contributed by atoms with Gasteiger partial charge in [-0.2, -0.15) is 0 Å². The molecule has 0 amide bonds. The minimum absolute atomic E-state index is 0.0461. The molecule has 0 bridgehead atoms. The van der Waals surface area contributed by atoms with Crippen molar-refractivity contribution < 1.29 is 15.0 Å². The summed E-state index contributed by atoms with van der Waals surface area (Å²) in [5.74, 6) is 4.00. The van der Waals surface area contributed by atoms with Gasteiger partial charge in [-0.05, 0) is 98.2 Å². The van der Waals surface area contributed by atoms with Crippen LogP contribution in [0.3, 0.4) is 0 Å². The highest BCUT2D eigenvalue weighted by molar-refractivity contribution is 5.82.